The molecule has 0 unspecified atom stereocenters. The van der Waals surface area contributed by atoms with Gasteiger partial charge in [0.15, 0.2) is 0 Å². The third-order valence-electron chi connectivity index (χ3n) is 4.17. The maximum Gasteiger partial charge on any atom is 0.242 e. The summed E-state index contributed by atoms with van der Waals surface area (Å²) in [6, 6.07) is 13.9. The molecule has 0 saturated heterocycles. The Kier molecular flexibility index (Phi) is 7.49. The van der Waals surface area contributed by atoms with Crippen molar-refractivity contribution in [2.75, 3.05) is 7.05 Å². The molecule has 1 N–H and O–H groups in total. The molecule has 2 amide bonds. The lowest BCUT2D eigenvalue weighted by Gasteiger charge is -2.30. The summed E-state index contributed by atoms with van der Waals surface area (Å²) < 4.78 is 0. The molecule has 0 spiro atoms. The van der Waals surface area contributed by atoms with Crippen molar-refractivity contribution in [2.45, 2.75) is 32.4 Å². The van der Waals surface area contributed by atoms with Gasteiger partial charge in [-0.1, -0.05) is 54.4 Å². The minimum Gasteiger partial charge on any atom is -0.357 e. The van der Waals surface area contributed by atoms with Gasteiger partial charge in [0.25, 0.3) is 0 Å². The number of likely N-dealkylation sites (N-methyl/N-ethyl adjacent to an activating group) is 1. The van der Waals surface area contributed by atoms with Gasteiger partial charge in [0.05, 0.1) is 6.42 Å². The lowest BCUT2D eigenvalue weighted by molar-refractivity contribution is -0.140. The van der Waals surface area contributed by atoms with Crippen molar-refractivity contribution in [3.8, 4) is 0 Å². The molecule has 0 aliphatic rings. The Hall–Kier alpha value is -2.04. The van der Waals surface area contributed by atoms with Gasteiger partial charge in [-0.2, -0.15) is 0 Å². The highest BCUT2D eigenvalue weighted by Crippen LogP contribution is 2.17. The molecule has 0 bridgehead atoms. The van der Waals surface area contributed by atoms with Gasteiger partial charge < -0.3 is 10.2 Å². The smallest absolute Gasteiger partial charge is 0.242 e. The largest absolute Gasteiger partial charge is 0.357 e. The molecule has 0 aliphatic carbocycles. The minimum absolute atomic E-state index is 0.113. The molecule has 0 aliphatic heterocycles. The van der Waals surface area contributed by atoms with E-state index in [-0.39, 0.29) is 18.2 Å². The van der Waals surface area contributed by atoms with E-state index in [0.29, 0.717) is 23.0 Å². The summed E-state index contributed by atoms with van der Waals surface area (Å²) in [4.78, 5) is 26.9. The number of carbonyl (C=O) groups excluding carboxylic acids is 2. The molecule has 0 aromatic heterocycles. The van der Waals surface area contributed by atoms with Crippen molar-refractivity contribution in [2.24, 2.45) is 0 Å². The lowest BCUT2D eigenvalue weighted by Crippen LogP contribution is -2.48. The molecule has 2 rings (SSSR count). The predicted molar refractivity (Wildman–Crippen MR) is 105 cm³/mol. The van der Waals surface area contributed by atoms with Gasteiger partial charge in [0, 0.05) is 23.6 Å². The van der Waals surface area contributed by atoms with Crippen molar-refractivity contribution < 1.29 is 9.59 Å². The molecule has 0 heterocycles. The van der Waals surface area contributed by atoms with E-state index < -0.39 is 6.04 Å². The summed E-state index contributed by atoms with van der Waals surface area (Å²) in [5, 5.41) is 3.90. The molecule has 26 heavy (non-hydrogen) atoms. The van der Waals surface area contributed by atoms with Gasteiger partial charge in [0.2, 0.25) is 11.8 Å². The van der Waals surface area contributed by atoms with Crippen LogP contribution in [0.1, 0.15) is 24.5 Å². The molecule has 138 valence electrons. The first kappa shape index (κ1) is 20.3. The second-order valence-corrected chi connectivity index (χ2v) is 6.86. The summed E-state index contributed by atoms with van der Waals surface area (Å²) in [6.07, 6.45) is 0.734. The summed E-state index contributed by atoms with van der Waals surface area (Å²) in [5.74, 6) is -0.288. The van der Waals surface area contributed by atoms with Crippen molar-refractivity contribution >= 4 is 35.0 Å². The molecule has 0 saturated carbocycles. The number of amides is 2. The highest BCUT2D eigenvalue weighted by atomic mass is 35.5. The van der Waals surface area contributed by atoms with Crippen LogP contribution in [0.3, 0.4) is 0 Å². The van der Waals surface area contributed by atoms with Crippen LogP contribution in [0, 0.1) is 0 Å². The van der Waals surface area contributed by atoms with Gasteiger partial charge in [-0.3, -0.25) is 9.59 Å². The maximum absolute atomic E-state index is 13.0. The molecule has 6 heteroatoms. The topological polar surface area (TPSA) is 49.4 Å². The Balaban J connectivity index is 2.25. The fourth-order valence-corrected chi connectivity index (χ4v) is 3.00. The first-order valence-electron chi connectivity index (χ1n) is 8.44. The predicted octanol–water partition coefficient (Wildman–Crippen LogP) is 4.09. The Morgan fingerprint density at radius 2 is 1.46 bits per heavy atom. The van der Waals surface area contributed by atoms with Crippen LogP contribution in [-0.4, -0.2) is 29.8 Å². The average molecular weight is 393 g/mol. The molecular formula is C20H22Cl2N2O2. The zero-order valence-corrected chi connectivity index (χ0v) is 16.3. The number of rotatable bonds is 7. The summed E-state index contributed by atoms with van der Waals surface area (Å²) in [5.41, 5.74) is 1.77. The number of hydrogen-bond donors (Lipinski definition) is 1. The highest BCUT2D eigenvalue weighted by Gasteiger charge is 2.27. The van der Waals surface area contributed by atoms with E-state index in [1.807, 2.05) is 31.2 Å². The molecule has 4 nitrogen and oxygen atoms in total. The zero-order chi connectivity index (χ0) is 19.1. The second-order valence-electron chi connectivity index (χ2n) is 5.99. The second kappa shape index (κ2) is 9.60. The van der Waals surface area contributed by atoms with Crippen LogP contribution in [0.25, 0.3) is 0 Å². The van der Waals surface area contributed by atoms with E-state index in [1.54, 1.807) is 36.2 Å². The van der Waals surface area contributed by atoms with Crippen LogP contribution < -0.4 is 5.32 Å². The van der Waals surface area contributed by atoms with Gasteiger partial charge >= 0.3 is 0 Å². The Morgan fingerprint density at radius 1 is 0.962 bits per heavy atom. The van der Waals surface area contributed by atoms with Crippen molar-refractivity contribution in [1.82, 2.24) is 10.2 Å². The number of nitrogens with zero attached hydrogens (tertiary/aromatic N) is 1. The third kappa shape index (κ3) is 5.48. The Bertz CT molecular complexity index is 745. The normalized spacial score (nSPS) is 11.7. The first-order valence-corrected chi connectivity index (χ1v) is 9.20. The Labute approximate surface area is 164 Å². The summed E-state index contributed by atoms with van der Waals surface area (Å²) in [7, 11) is 1.58. The van der Waals surface area contributed by atoms with Gasteiger partial charge in [-0.15, -0.1) is 0 Å². The number of carbonyl (C=O) groups is 2. The van der Waals surface area contributed by atoms with Crippen molar-refractivity contribution in [3.63, 3.8) is 0 Å². The molecule has 0 fully saturated rings. The third-order valence-corrected chi connectivity index (χ3v) is 4.67. The molecule has 1 atom stereocenters. The number of benzene rings is 2. The average Bonchev–Trinajstić information content (AvgIpc) is 2.64. The van der Waals surface area contributed by atoms with Crippen LogP contribution in [0.5, 0.6) is 0 Å². The molecular weight excluding hydrogens is 371 g/mol. The maximum atomic E-state index is 13.0. The van der Waals surface area contributed by atoms with Gasteiger partial charge in [0.1, 0.15) is 6.04 Å². The van der Waals surface area contributed by atoms with E-state index in [0.717, 1.165) is 11.1 Å². The molecule has 2 aromatic carbocycles. The van der Waals surface area contributed by atoms with Gasteiger partial charge in [-0.25, -0.2) is 0 Å². The van der Waals surface area contributed by atoms with Crippen molar-refractivity contribution in [1.29, 1.82) is 0 Å². The molecule has 0 radical (unpaired) electrons. The minimum atomic E-state index is -0.532. The summed E-state index contributed by atoms with van der Waals surface area (Å²) >= 11 is 11.8. The molecule has 2 aromatic rings. The van der Waals surface area contributed by atoms with Gasteiger partial charge in [-0.05, 0) is 41.8 Å². The SMILES string of the molecule is CC[C@H](C(=O)NC)N(Cc1ccc(Cl)cc1)C(=O)Cc1ccc(Cl)cc1. The van der Waals surface area contributed by atoms with E-state index in [2.05, 4.69) is 5.32 Å². The summed E-state index contributed by atoms with van der Waals surface area (Å²) in [6.45, 7) is 2.24. The van der Waals surface area contributed by atoms with Crippen LogP contribution in [0.15, 0.2) is 48.5 Å². The Morgan fingerprint density at radius 3 is 1.92 bits per heavy atom. The van der Waals surface area contributed by atoms with Crippen LogP contribution in [-0.2, 0) is 22.6 Å². The first-order chi connectivity index (χ1) is 12.4. The van der Waals surface area contributed by atoms with E-state index in [9.17, 15) is 9.59 Å². The van der Waals surface area contributed by atoms with E-state index in [1.165, 1.54) is 0 Å². The van der Waals surface area contributed by atoms with E-state index >= 15 is 0 Å². The number of halogens is 2. The number of nitrogens with one attached hydrogen (secondary N) is 1. The highest BCUT2D eigenvalue weighted by molar-refractivity contribution is 6.30. The number of hydrogen-bond acceptors (Lipinski definition) is 2. The lowest BCUT2D eigenvalue weighted by atomic mass is 10.1. The fraction of sp³-hybridized carbons (Fsp3) is 0.300. The standard InChI is InChI=1S/C20H22Cl2N2O2/c1-3-18(20(26)23-2)24(13-15-6-10-17(22)11-7-15)19(25)12-14-4-8-16(21)9-5-14/h4-11,18H,3,12-13H2,1-2H3,(H,23,26)/t18-/m1/s1. The fourth-order valence-electron chi connectivity index (χ4n) is 2.75. The van der Waals surface area contributed by atoms with Crippen molar-refractivity contribution in [3.05, 3.63) is 69.7 Å². The van der Waals surface area contributed by atoms with E-state index in [4.69, 9.17) is 23.2 Å². The van der Waals surface area contributed by atoms with Crippen LogP contribution >= 0.6 is 23.2 Å². The quantitative estimate of drug-likeness (QED) is 0.771. The van der Waals surface area contributed by atoms with Crippen LogP contribution in [0.4, 0.5) is 0 Å². The van der Waals surface area contributed by atoms with Crippen LogP contribution in [0.2, 0.25) is 10.0 Å². The zero-order valence-electron chi connectivity index (χ0n) is 14.8. The monoisotopic (exact) mass is 392 g/mol.